The minimum absolute atomic E-state index is 0.159. The Morgan fingerprint density at radius 1 is 0.427 bits per heavy atom. The first kappa shape index (κ1) is 77.7. The van der Waals surface area contributed by atoms with Crippen LogP contribution >= 0.6 is 21.6 Å². The van der Waals surface area contributed by atoms with Gasteiger partial charge >= 0.3 is 29.8 Å². The van der Waals surface area contributed by atoms with Gasteiger partial charge in [0, 0.05) is 109 Å². The van der Waals surface area contributed by atoms with E-state index in [9.17, 15) is 44.4 Å². The lowest BCUT2D eigenvalue weighted by atomic mass is 10.1. The van der Waals surface area contributed by atoms with Crippen molar-refractivity contribution in [2.75, 3.05) is 110 Å². The number of nitrogens with zero attached hydrogens (tertiary/aromatic N) is 4. The zero-order valence-electron chi connectivity index (χ0n) is 52.6. The molecule has 1 aliphatic heterocycles. The molecule has 82 heavy (non-hydrogen) atoms. The lowest BCUT2D eigenvalue weighted by Crippen LogP contribution is -2.47. The van der Waals surface area contributed by atoms with Crippen LogP contribution in [0.2, 0.25) is 0 Å². The van der Waals surface area contributed by atoms with Crippen molar-refractivity contribution in [3.8, 4) is 0 Å². The number of aliphatic hydroxyl groups is 4. The molecule has 0 amide bonds. The van der Waals surface area contributed by atoms with Crippen molar-refractivity contribution >= 4 is 51.4 Å². The Morgan fingerprint density at radius 2 is 0.768 bits per heavy atom. The number of unbranched alkanes of at least 4 members (excludes halogenated alkanes) is 5. The fourth-order valence-corrected chi connectivity index (χ4v) is 11.9. The molecule has 482 valence electrons. The Morgan fingerprint density at radius 3 is 1.16 bits per heavy atom. The highest BCUT2D eigenvalue weighted by Crippen LogP contribution is 2.23. The highest BCUT2D eigenvalue weighted by atomic mass is 33.1. The zero-order valence-corrected chi connectivity index (χ0v) is 54.2. The van der Waals surface area contributed by atoms with Gasteiger partial charge < -0.3 is 44.1 Å². The molecule has 1 heterocycles. The van der Waals surface area contributed by atoms with Crippen LogP contribution in [-0.2, 0) is 47.7 Å². The van der Waals surface area contributed by atoms with Gasteiger partial charge in [-0.1, -0.05) is 101 Å². The van der Waals surface area contributed by atoms with Gasteiger partial charge in [0.15, 0.2) is 0 Å². The Kier molecular flexibility index (Phi) is 48.2. The van der Waals surface area contributed by atoms with Crippen LogP contribution in [0, 0.1) is 11.8 Å². The Labute approximate surface area is 504 Å². The van der Waals surface area contributed by atoms with E-state index < -0.39 is 24.4 Å². The van der Waals surface area contributed by atoms with E-state index in [0.29, 0.717) is 167 Å². The first-order valence-corrected chi connectivity index (χ1v) is 34.6. The Bertz CT molecular complexity index is 1520. The van der Waals surface area contributed by atoms with Crippen LogP contribution in [0.4, 0.5) is 0 Å². The first-order chi connectivity index (χ1) is 39.3. The molecular weight excluding hydrogens is 1090 g/mol. The van der Waals surface area contributed by atoms with Crippen molar-refractivity contribution in [1.82, 2.24) is 19.6 Å². The van der Waals surface area contributed by atoms with E-state index in [2.05, 4.69) is 42.4 Å². The number of hydrogen-bond acceptors (Lipinski definition) is 20. The number of rotatable bonds is 54. The molecule has 0 saturated carbocycles. The number of esters is 5. The number of hydrogen-bond donors (Lipinski definition) is 4. The summed E-state index contributed by atoms with van der Waals surface area (Å²) in [5.41, 5.74) is 0. The van der Waals surface area contributed by atoms with E-state index in [1.54, 1.807) is 0 Å². The summed E-state index contributed by atoms with van der Waals surface area (Å²) in [4.78, 5) is 70.2. The monoisotopic (exact) mass is 1210 g/mol. The summed E-state index contributed by atoms with van der Waals surface area (Å²) in [6.07, 6.45) is 12.8. The van der Waals surface area contributed by atoms with E-state index >= 15 is 0 Å². The van der Waals surface area contributed by atoms with Gasteiger partial charge in [0.2, 0.25) is 0 Å². The standard InChI is InChI=1S/C62H118N4O14S2/c1-9-52(10-2)48-77-59(72)28-17-13-24-54(67)44-65(45-55(68)25-14-18-29-60(73)78-49-53(11-3)12-4)33-21-22-42-81-82-43-40-64-37-35-63(36-38-64)39-41-76-58(71)32-23-34-66(46-56(69)26-15-19-30-61(74)79-50(5)6)47-57(70)27-16-20-31-62(75)80-51(7)8/h50-57,67-70H,9-49H2,1-8H3. The Balaban J connectivity index is 2.45. The molecule has 0 spiro atoms. The quantitative estimate of drug-likeness (QED) is 0.0193. The normalized spacial score (nSPS) is 15.0. The third-order valence-electron chi connectivity index (χ3n) is 15.1. The van der Waals surface area contributed by atoms with Crippen LogP contribution in [-0.4, -0.2) is 216 Å². The molecule has 0 aliphatic carbocycles. The average molecular weight is 1210 g/mol. The van der Waals surface area contributed by atoms with Crippen LogP contribution in [0.15, 0.2) is 0 Å². The molecule has 0 aromatic carbocycles. The number of carbonyl (C=O) groups excluding carboxylic acids is 5. The SMILES string of the molecule is CCC(CC)COC(=O)CCCCC(O)CN(CCCCSSCCN1CCN(CCOC(=O)CCCN(CC(O)CCCCC(=O)OC(C)C)CC(O)CCCCC(=O)OC(C)C)CC1)CC(O)CCCCC(=O)OCC(CC)CC. The van der Waals surface area contributed by atoms with Crippen molar-refractivity contribution in [1.29, 1.82) is 0 Å². The summed E-state index contributed by atoms with van der Waals surface area (Å²) in [5.74, 6) is 1.76. The topological polar surface area (TPSA) is 225 Å². The van der Waals surface area contributed by atoms with Crippen LogP contribution in [0.25, 0.3) is 0 Å². The maximum Gasteiger partial charge on any atom is 0.306 e. The van der Waals surface area contributed by atoms with E-state index in [1.165, 1.54) is 0 Å². The molecule has 0 bridgehead atoms. The van der Waals surface area contributed by atoms with E-state index in [1.807, 2.05) is 54.2 Å². The maximum atomic E-state index is 12.8. The summed E-state index contributed by atoms with van der Waals surface area (Å²) in [6, 6.07) is 0. The molecule has 0 radical (unpaired) electrons. The molecule has 0 aromatic heterocycles. The van der Waals surface area contributed by atoms with Crippen molar-refractivity contribution in [3.05, 3.63) is 0 Å². The van der Waals surface area contributed by atoms with Gasteiger partial charge in [-0.15, -0.1) is 0 Å². The predicted molar refractivity (Wildman–Crippen MR) is 331 cm³/mol. The van der Waals surface area contributed by atoms with Gasteiger partial charge in [-0.3, -0.25) is 43.6 Å². The average Bonchev–Trinajstić information content (AvgIpc) is 3.42. The molecule has 1 rings (SSSR count). The minimum atomic E-state index is -0.652. The van der Waals surface area contributed by atoms with Gasteiger partial charge in [0.1, 0.15) is 6.61 Å². The van der Waals surface area contributed by atoms with Gasteiger partial charge in [0.25, 0.3) is 0 Å². The van der Waals surface area contributed by atoms with Crippen LogP contribution in [0.5, 0.6) is 0 Å². The second-order valence-corrected chi connectivity index (χ2v) is 26.0. The molecule has 1 fully saturated rings. The number of piperazine rings is 1. The van der Waals surface area contributed by atoms with Gasteiger partial charge in [-0.2, -0.15) is 0 Å². The summed E-state index contributed by atoms with van der Waals surface area (Å²) in [5, 5.41) is 43.8. The molecular formula is C62H118N4O14S2. The molecule has 1 aliphatic rings. The lowest BCUT2D eigenvalue weighted by Gasteiger charge is -2.34. The fraction of sp³-hybridized carbons (Fsp3) is 0.919. The largest absolute Gasteiger partial charge is 0.465 e. The Hall–Kier alpha value is -2.27. The smallest absolute Gasteiger partial charge is 0.306 e. The van der Waals surface area contributed by atoms with Crippen molar-refractivity contribution in [3.63, 3.8) is 0 Å². The third kappa shape index (κ3) is 45.1. The molecule has 4 N–H and O–H groups in total. The molecule has 4 atom stereocenters. The highest BCUT2D eigenvalue weighted by molar-refractivity contribution is 8.76. The number of carbonyl (C=O) groups is 5. The number of aliphatic hydroxyl groups excluding tert-OH is 4. The van der Waals surface area contributed by atoms with Crippen molar-refractivity contribution in [2.45, 2.75) is 246 Å². The van der Waals surface area contributed by atoms with Gasteiger partial charge in [-0.25, -0.2) is 0 Å². The van der Waals surface area contributed by atoms with Crippen LogP contribution in [0.1, 0.15) is 209 Å². The molecule has 1 saturated heterocycles. The maximum absolute atomic E-state index is 12.8. The number of ether oxygens (including phenoxy) is 5. The van der Waals surface area contributed by atoms with E-state index in [0.717, 1.165) is 102 Å². The summed E-state index contributed by atoms with van der Waals surface area (Å²) in [6.45, 7) is 25.3. The van der Waals surface area contributed by atoms with E-state index in [-0.39, 0.29) is 48.5 Å². The highest BCUT2D eigenvalue weighted by Gasteiger charge is 2.21. The third-order valence-corrected chi connectivity index (χ3v) is 17.5. The predicted octanol–water partition coefficient (Wildman–Crippen LogP) is 9.24. The summed E-state index contributed by atoms with van der Waals surface area (Å²) >= 11 is 0. The second-order valence-electron chi connectivity index (χ2n) is 23.3. The van der Waals surface area contributed by atoms with Crippen LogP contribution in [0.3, 0.4) is 0 Å². The van der Waals surface area contributed by atoms with Crippen molar-refractivity contribution in [2.24, 2.45) is 11.8 Å². The van der Waals surface area contributed by atoms with Crippen LogP contribution < -0.4 is 0 Å². The minimum Gasteiger partial charge on any atom is -0.465 e. The van der Waals surface area contributed by atoms with Gasteiger partial charge in [0.05, 0.1) is 49.8 Å². The summed E-state index contributed by atoms with van der Waals surface area (Å²) < 4.78 is 27.0. The van der Waals surface area contributed by atoms with Crippen molar-refractivity contribution < 1.29 is 68.1 Å². The molecule has 18 nitrogen and oxygen atoms in total. The molecule has 0 aromatic rings. The van der Waals surface area contributed by atoms with E-state index in [4.69, 9.17) is 23.7 Å². The van der Waals surface area contributed by atoms with Gasteiger partial charge in [-0.05, 0) is 123 Å². The first-order valence-electron chi connectivity index (χ1n) is 32.1. The zero-order chi connectivity index (χ0) is 60.8. The summed E-state index contributed by atoms with van der Waals surface area (Å²) in [7, 11) is 3.79. The molecule has 20 heteroatoms. The second kappa shape index (κ2) is 50.8. The lowest BCUT2D eigenvalue weighted by molar-refractivity contribution is -0.148. The fourth-order valence-electron chi connectivity index (χ4n) is 9.75. The molecule has 4 unspecified atom stereocenters.